The van der Waals surface area contributed by atoms with E-state index in [2.05, 4.69) is 33.8 Å². The molecule has 5 aromatic rings. The molecule has 0 fully saturated rings. The zero-order valence-electron chi connectivity index (χ0n) is 16.4. The van der Waals surface area contributed by atoms with Gasteiger partial charge in [-0.3, -0.25) is 0 Å². The lowest BCUT2D eigenvalue weighted by molar-refractivity contribution is 0.0692. The molecule has 0 aliphatic rings. The van der Waals surface area contributed by atoms with Crippen molar-refractivity contribution in [3.63, 3.8) is 0 Å². The van der Waals surface area contributed by atoms with Gasteiger partial charge >= 0.3 is 5.97 Å². The highest BCUT2D eigenvalue weighted by Crippen LogP contribution is 2.45. The minimum atomic E-state index is -1.03. The van der Waals surface area contributed by atoms with Gasteiger partial charge in [-0.1, -0.05) is 25.4 Å². The molecule has 5 rings (SSSR count). The summed E-state index contributed by atoms with van der Waals surface area (Å²) in [5, 5.41) is 12.4. The lowest BCUT2D eigenvalue weighted by Crippen LogP contribution is -2.00. The van der Waals surface area contributed by atoms with Crippen LogP contribution in [0.25, 0.3) is 44.3 Å². The van der Waals surface area contributed by atoms with Crippen molar-refractivity contribution >= 4 is 39.5 Å². The third-order valence-corrected chi connectivity index (χ3v) is 5.81. The fourth-order valence-electron chi connectivity index (χ4n) is 4.26. The Balaban J connectivity index is 1.93. The van der Waals surface area contributed by atoms with Crippen LogP contribution in [-0.4, -0.2) is 31.0 Å². The third-order valence-electron chi connectivity index (χ3n) is 5.49. The SMILES string of the molecule is CC(C)c1c(-c2ccnc3[nH]ccc23)[nH]c(C(=O)O)c1-c1c(Cl)ccc2[nH]ccc12. The molecule has 0 bridgehead atoms. The summed E-state index contributed by atoms with van der Waals surface area (Å²) < 4.78 is 0. The fourth-order valence-corrected chi connectivity index (χ4v) is 4.52. The van der Waals surface area contributed by atoms with Crippen molar-refractivity contribution in [2.24, 2.45) is 0 Å². The van der Waals surface area contributed by atoms with E-state index in [4.69, 9.17) is 11.6 Å². The predicted molar refractivity (Wildman–Crippen MR) is 119 cm³/mol. The highest BCUT2D eigenvalue weighted by Gasteiger charge is 2.28. The number of aromatic carboxylic acids is 1. The number of carboxylic acid groups (broad SMARTS) is 1. The molecule has 4 heterocycles. The normalized spacial score (nSPS) is 11.7. The molecule has 0 radical (unpaired) electrons. The molecule has 4 aromatic heterocycles. The molecule has 0 atom stereocenters. The first-order chi connectivity index (χ1) is 14.5. The number of aromatic amines is 3. The number of pyridine rings is 1. The molecular weight excluding hydrogens is 400 g/mol. The number of nitrogens with zero attached hydrogens (tertiary/aromatic N) is 1. The minimum Gasteiger partial charge on any atom is -0.477 e. The first-order valence-electron chi connectivity index (χ1n) is 9.65. The van der Waals surface area contributed by atoms with Gasteiger partial charge in [0.25, 0.3) is 0 Å². The first-order valence-corrected chi connectivity index (χ1v) is 10.0. The van der Waals surface area contributed by atoms with Crippen LogP contribution in [0.1, 0.15) is 35.8 Å². The summed E-state index contributed by atoms with van der Waals surface area (Å²) in [6, 6.07) is 9.48. The van der Waals surface area contributed by atoms with Crippen LogP contribution in [0, 0.1) is 0 Å². The largest absolute Gasteiger partial charge is 0.477 e. The number of aromatic nitrogens is 4. The fraction of sp³-hybridized carbons (Fsp3) is 0.130. The maximum absolute atomic E-state index is 12.3. The van der Waals surface area contributed by atoms with Crippen molar-refractivity contribution in [1.29, 1.82) is 0 Å². The Labute approximate surface area is 176 Å². The Morgan fingerprint density at radius 2 is 1.80 bits per heavy atom. The average Bonchev–Trinajstić information content (AvgIpc) is 3.44. The van der Waals surface area contributed by atoms with Gasteiger partial charge in [-0.05, 0) is 41.8 Å². The topological polar surface area (TPSA) is 97.6 Å². The van der Waals surface area contributed by atoms with Gasteiger partial charge < -0.3 is 20.1 Å². The number of fused-ring (bicyclic) bond motifs is 2. The zero-order valence-corrected chi connectivity index (χ0v) is 17.1. The van der Waals surface area contributed by atoms with Gasteiger partial charge in [-0.2, -0.15) is 0 Å². The van der Waals surface area contributed by atoms with E-state index in [9.17, 15) is 9.90 Å². The van der Waals surface area contributed by atoms with Gasteiger partial charge in [0.05, 0.1) is 5.69 Å². The molecule has 4 N–H and O–H groups in total. The van der Waals surface area contributed by atoms with Crippen LogP contribution in [0.15, 0.2) is 48.9 Å². The maximum Gasteiger partial charge on any atom is 0.352 e. The van der Waals surface area contributed by atoms with Crippen LogP contribution in [-0.2, 0) is 0 Å². The second-order valence-corrected chi connectivity index (χ2v) is 7.99. The highest BCUT2D eigenvalue weighted by atomic mass is 35.5. The second kappa shape index (κ2) is 6.78. The summed E-state index contributed by atoms with van der Waals surface area (Å²) in [4.78, 5) is 26.2. The van der Waals surface area contributed by atoms with Crippen molar-refractivity contribution in [3.05, 3.63) is 65.2 Å². The molecule has 150 valence electrons. The number of halogens is 1. The number of hydrogen-bond donors (Lipinski definition) is 4. The van der Waals surface area contributed by atoms with Crippen LogP contribution in [0.5, 0.6) is 0 Å². The van der Waals surface area contributed by atoms with E-state index in [1.807, 2.05) is 36.7 Å². The number of carbonyl (C=O) groups is 1. The molecule has 0 saturated heterocycles. The number of nitrogens with one attached hydrogen (secondary N) is 3. The molecule has 0 aliphatic carbocycles. The van der Waals surface area contributed by atoms with Crippen molar-refractivity contribution < 1.29 is 9.90 Å². The Morgan fingerprint density at radius 3 is 2.57 bits per heavy atom. The molecule has 0 saturated carbocycles. The van der Waals surface area contributed by atoms with Crippen LogP contribution >= 0.6 is 11.6 Å². The van der Waals surface area contributed by atoms with Gasteiger partial charge in [-0.25, -0.2) is 9.78 Å². The monoisotopic (exact) mass is 418 g/mol. The van der Waals surface area contributed by atoms with Gasteiger partial charge in [0.2, 0.25) is 0 Å². The second-order valence-electron chi connectivity index (χ2n) is 7.58. The third kappa shape index (κ3) is 2.64. The van der Waals surface area contributed by atoms with Gasteiger partial charge in [0.15, 0.2) is 0 Å². The predicted octanol–water partition coefficient (Wildman–Crippen LogP) is 6.18. The summed E-state index contributed by atoms with van der Waals surface area (Å²) in [5.74, 6) is -0.979. The Hall–Kier alpha value is -3.51. The summed E-state index contributed by atoms with van der Waals surface area (Å²) in [6.45, 7) is 4.12. The molecule has 6 nitrogen and oxygen atoms in total. The lowest BCUT2D eigenvalue weighted by atomic mass is 9.89. The first kappa shape index (κ1) is 18.5. The molecule has 1 aromatic carbocycles. The van der Waals surface area contributed by atoms with E-state index in [1.54, 1.807) is 12.3 Å². The van der Waals surface area contributed by atoms with Crippen molar-refractivity contribution in [1.82, 2.24) is 19.9 Å². The van der Waals surface area contributed by atoms with Crippen LogP contribution in [0.2, 0.25) is 5.02 Å². The molecule has 0 amide bonds. The standard InChI is InChI=1S/C23H19ClN4O2/c1-11(2)17-19(18-14-7-8-25-16(14)4-3-15(18)24)21(23(29)30)28-20(17)12-5-9-26-22-13(12)6-10-27-22/h3-11,25,28H,1-2H3,(H,26,27)(H,29,30). The van der Waals surface area contributed by atoms with E-state index < -0.39 is 5.97 Å². The maximum atomic E-state index is 12.3. The van der Waals surface area contributed by atoms with E-state index in [0.29, 0.717) is 10.6 Å². The molecule has 0 aliphatic heterocycles. The van der Waals surface area contributed by atoms with Gasteiger partial charge in [0.1, 0.15) is 11.3 Å². The van der Waals surface area contributed by atoms with Crippen molar-refractivity contribution in [2.45, 2.75) is 19.8 Å². The average molecular weight is 419 g/mol. The molecule has 0 unspecified atom stereocenters. The number of rotatable bonds is 4. The summed E-state index contributed by atoms with van der Waals surface area (Å²) in [6.07, 6.45) is 5.38. The number of benzene rings is 1. The van der Waals surface area contributed by atoms with E-state index in [0.717, 1.165) is 44.3 Å². The molecule has 0 spiro atoms. The Bertz CT molecular complexity index is 1420. The smallest absolute Gasteiger partial charge is 0.352 e. The summed E-state index contributed by atoms with van der Waals surface area (Å²) in [7, 11) is 0. The quantitative estimate of drug-likeness (QED) is 0.280. The van der Waals surface area contributed by atoms with Gasteiger partial charge in [0, 0.05) is 56.6 Å². The lowest BCUT2D eigenvalue weighted by Gasteiger charge is -2.14. The Morgan fingerprint density at radius 1 is 1.03 bits per heavy atom. The van der Waals surface area contributed by atoms with E-state index >= 15 is 0 Å². The van der Waals surface area contributed by atoms with Crippen LogP contribution < -0.4 is 0 Å². The summed E-state index contributed by atoms with van der Waals surface area (Å²) >= 11 is 6.65. The van der Waals surface area contributed by atoms with Crippen LogP contribution in [0.3, 0.4) is 0 Å². The van der Waals surface area contributed by atoms with E-state index in [-0.39, 0.29) is 11.6 Å². The number of hydrogen-bond acceptors (Lipinski definition) is 2. The van der Waals surface area contributed by atoms with Crippen molar-refractivity contribution in [3.8, 4) is 22.4 Å². The number of carboxylic acids is 1. The van der Waals surface area contributed by atoms with Gasteiger partial charge in [-0.15, -0.1) is 0 Å². The Kier molecular flexibility index (Phi) is 4.18. The van der Waals surface area contributed by atoms with E-state index in [1.165, 1.54) is 0 Å². The highest BCUT2D eigenvalue weighted by molar-refractivity contribution is 6.35. The zero-order chi connectivity index (χ0) is 21.0. The summed E-state index contributed by atoms with van der Waals surface area (Å²) in [5.41, 5.74) is 5.72. The van der Waals surface area contributed by atoms with Crippen LogP contribution in [0.4, 0.5) is 0 Å². The minimum absolute atomic E-state index is 0.0479. The molecule has 7 heteroatoms. The molecule has 30 heavy (non-hydrogen) atoms. The molecular formula is C23H19ClN4O2. The van der Waals surface area contributed by atoms with Crippen molar-refractivity contribution in [2.75, 3.05) is 0 Å². The number of H-pyrrole nitrogens is 3.